The van der Waals surface area contributed by atoms with Gasteiger partial charge in [-0.25, -0.2) is 4.98 Å². The number of rotatable bonds is 5. The summed E-state index contributed by atoms with van der Waals surface area (Å²) in [7, 11) is 3.34. The fourth-order valence-corrected chi connectivity index (χ4v) is 1.68. The molecule has 0 spiro atoms. The number of hydrogen-bond donors (Lipinski definition) is 1. The molecule has 19 heavy (non-hydrogen) atoms. The van der Waals surface area contributed by atoms with Crippen LogP contribution >= 0.6 is 0 Å². The van der Waals surface area contributed by atoms with Crippen LogP contribution < -0.4 is 10.1 Å². The Bertz CT molecular complexity index is 594. The third-order valence-corrected chi connectivity index (χ3v) is 2.76. The molecular weight excluding hydrogens is 248 g/mol. The van der Waals surface area contributed by atoms with Gasteiger partial charge in [0.15, 0.2) is 0 Å². The van der Waals surface area contributed by atoms with Crippen LogP contribution in [0.15, 0.2) is 30.6 Å². The average molecular weight is 262 g/mol. The number of nitrogens with one attached hydrogen (secondary N) is 1. The maximum Gasteiger partial charge on any atom is 0.296 e. The summed E-state index contributed by atoms with van der Waals surface area (Å²) in [6.07, 6.45) is 3.50. The molecule has 100 valence electrons. The molecule has 0 amide bonds. The topological polar surface area (TPSA) is 82.2 Å². The number of aryl methyl sites for hydroxylation is 1. The molecule has 0 aliphatic carbocycles. The van der Waals surface area contributed by atoms with Crippen LogP contribution in [0, 0.1) is 10.1 Å². The predicted molar refractivity (Wildman–Crippen MR) is 70.2 cm³/mol. The highest BCUT2D eigenvalue weighted by molar-refractivity contribution is 5.63. The summed E-state index contributed by atoms with van der Waals surface area (Å²) in [4.78, 5) is 14.7. The zero-order valence-corrected chi connectivity index (χ0v) is 10.7. The van der Waals surface area contributed by atoms with Crippen molar-refractivity contribution in [2.75, 3.05) is 12.4 Å². The second-order valence-electron chi connectivity index (χ2n) is 3.95. The minimum atomic E-state index is -0.441. The number of benzene rings is 1. The molecule has 0 saturated heterocycles. The van der Waals surface area contributed by atoms with Crippen molar-refractivity contribution in [2.24, 2.45) is 7.05 Å². The van der Waals surface area contributed by atoms with Gasteiger partial charge in [0.1, 0.15) is 17.3 Å². The Morgan fingerprint density at radius 1 is 1.53 bits per heavy atom. The molecule has 0 bridgehead atoms. The smallest absolute Gasteiger partial charge is 0.296 e. The van der Waals surface area contributed by atoms with E-state index in [2.05, 4.69) is 10.3 Å². The lowest BCUT2D eigenvalue weighted by atomic mass is 10.2. The quantitative estimate of drug-likeness (QED) is 0.657. The Kier molecular flexibility index (Phi) is 3.65. The summed E-state index contributed by atoms with van der Waals surface area (Å²) in [6, 6.07) is 4.69. The number of hydrogen-bond acceptors (Lipinski definition) is 5. The third kappa shape index (κ3) is 2.82. The first-order valence-electron chi connectivity index (χ1n) is 5.64. The van der Waals surface area contributed by atoms with Crippen LogP contribution in [0.2, 0.25) is 0 Å². The summed E-state index contributed by atoms with van der Waals surface area (Å²) in [6.45, 7) is 0.413. The molecule has 1 aromatic heterocycles. The Hall–Kier alpha value is -2.57. The Labute approximate surface area is 110 Å². The lowest BCUT2D eigenvalue weighted by molar-refractivity contribution is -0.384. The standard InChI is InChI=1S/C12H14N4O3/c1-15-6-5-13-12(15)8-14-10-4-3-9(19-2)7-11(10)16(17)18/h3-7,14H,8H2,1-2H3. The number of nitrogens with zero attached hydrogens (tertiary/aromatic N) is 3. The van der Waals surface area contributed by atoms with Crippen LogP contribution in [-0.2, 0) is 13.6 Å². The van der Waals surface area contributed by atoms with E-state index in [4.69, 9.17) is 4.74 Å². The highest BCUT2D eigenvalue weighted by Crippen LogP contribution is 2.29. The molecule has 7 nitrogen and oxygen atoms in total. The number of ether oxygens (including phenoxy) is 1. The van der Waals surface area contributed by atoms with Crippen molar-refractivity contribution < 1.29 is 9.66 Å². The van der Waals surface area contributed by atoms with Gasteiger partial charge in [0.25, 0.3) is 5.69 Å². The molecule has 1 heterocycles. The van der Waals surface area contributed by atoms with Crippen molar-refractivity contribution in [1.29, 1.82) is 0 Å². The number of methoxy groups -OCH3 is 1. The van der Waals surface area contributed by atoms with Gasteiger partial charge in [-0.1, -0.05) is 0 Å². The van der Waals surface area contributed by atoms with Crippen LogP contribution in [0.4, 0.5) is 11.4 Å². The van der Waals surface area contributed by atoms with E-state index < -0.39 is 4.92 Å². The average Bonchev–Trinajstić information content (AvgIpc) is 2.81. The van der Waals surface area contributed by atoms with Gasteiger partial charge in [0, 0.05) is 19.4 Å². The molecule has 2 rings (SSSR count). The molecule has 7 heteroatoms. The number of anilines is 1. The van der Waals surface area contributed by atoms with Crippen LogP contribution in [0.5, 0.6) is 5.75 Å². The van der Waals surface area contributed by atoms with Gasteiger partial charge in [-0.05, 0) is 12.1 Å². The molecule has 0 atom stereocenters. The molecule has 0 saturated carbocycles. The largest absolute Gasteiger partial charge is 0.496 e. The lowest BCUT2D eigenvalue weighted by Crippen LogP contribution is -2.07. The maximum absolute atomic E-state index is 11.0. The van der Waals surface area contributed by atoms with Gasteiger partial charge >= 0.3 is 0 Å². The first-order valence-corrected chi connectivity index (χ1v) is 5.64. The summed E-state index contributed by atoms with van der Waals surface area (Å²) in [5.74, 6) is 1.25. The second-order valence-corrected chi connectivity index (χ2v) is 3.95. The van der Waals surface area contributed by atoms with Crippen molar-refractivity contribution in [3.63, 3.8) is 0 Å². The molecular formula is C12H14N4O3. The van der Waals surface area contributed by atoms with Gasteiger partial charge in [0.05, 0.1) is 24.6 Å². The van der Waals surface area contributed by atoms with Crippen molar-refractivity contribution >= 4 is 11.4 Å². The van der Waals surface area contributed by atoms with E-state index in [1.807, 2.05) is 17.8 Å². The zero-order chi connectivity index (χ0) is 13.8. The van der Waals surface area contributed by atoms with E-state index in [1.54, 1.807) is 18.3 Å². The molecule has 0 aliphatic heterocycles. The van der Waals surface area contributed by atoms with E-state index in [1.165, 1.54) is 13.2 Å². The molecule has 2 aromatic rings. The van der Waals surface area contributed by atoms with Crippen LogP contribution in [-0.4, -0.2) is 21.6 Å². The Morgan fingerprint density at radius 2 is 2.32 bits per heavy atom. The number of nitro benzene ring substituents is 1. The highest BCUT2D eigenvalue weighted by atomic mass is 16.6. The van der Waals surface area contributed by atoms with Gasteiger partial charge < -0.3 is 14.6 Å². The van der Waals surface area contributed by atoms with E-state index in [9.17, 15) is 10.1 Å². The molecule has 0 unspecified atom stereocenters. The highest BCUT2D eigenvalue weighted by Gasteiger charge is 2.15. The first kappa shape index (κ1) is 12.9. The molecule has 1 N–H and O–H groups in total. The van der Waals surface area contributed by atoms with Crippen molar-refractivity contribution in [1.82, 2.24) is 9.55 Å². The number of nitro groups is 1. The van der Waals surface area contributed by atoms with Crippen LogP contribution in [0.1, 0.15) is 5.82 Å². The molecule has 0 fully saturated rings. The summed E-state index contributed by atoms with van der Waals surface area (Å²) < 4.78 is 6.83. The summed E-state index contributed by atoms with van der Waals surface area (Å²) in [5, 5.41) is 14.0. The normalized spacial score (nSPS) is 10.2. The monoisotopic (exact) mass is 262 g/mol. The zero-order valence-electron chi connectivity index (χ0n) is 10.7. The Morgan fingerprint density at radius 3 is 2.89 bits per heavy atom. The van der Waals surface area contributed by atoms with Crippen LogP contribution in [0.3, 0.4) is 0 Å². The van der Waals surface area contributed by atoms with Gasteiger partial charge in [-0.15, -0.1) is 0 Å². The third-order valence-electron chi connectivity index (χ3n) is 2.76. The van der Waals surface area contributed by atoms with E-state index in [0.29, 0.717) is 18.0 Å². The molecule has 1 aromatic carbocycles. The van der Waals surface area contributed by atoms with Crippen molar-refractivity contribution in [3.05, 3.63) is 46.5 Å². The van der Waals surface area contributed by atoms with Crippen LogP contribution in [0.25, 0.3) is 0 Å². The molecule has 0 radical (unpaired) electrons. The van der Waals surface area contributed by atoms with Gasteiger partial charge in [-0.3, -0.25) is 10.1 Å². The van der Waals surface area contributed by atoms with Crippen molar-refractivity contribution in [2.45, 2.75) is 6.54 Å². The summed E-state index contributed by atoms with van der Waals surface area (Å²) in [5.41, 5.74) is 0.419. The Balaban J connectivity index is 2.20. The van der Waals surface area contributed by atoms with E-state index in [-0.39, 0.29) is 5.69 Å². The molecule has 0 aliphatic rings. The van der Waals surface area contributed by atoms with E-state index >= 15 is 0 Å². The minimum Gasteiger partial charge on any atom is -0.496 e. The fourth-order valence-electron chi connectivity index (χ4n) is 1.68. The maximum atomic E-state index is 11.0. The van der Waals surface area contributed by atoms with Gasteiger partial charge in [0.2, 0.25) is 0 Å². The first-order chi connectivity index (χ1) is 9.11. The SMILES string of the molecule is COc1ccc(NCc2nccn2C)c([N+](=O)[O-])c1. The number of imidazole rings is 1. The second kappa shape index (κ2) is 5.38. The minimum absolute atomic E-state index is 0.0199. The summed E-state index contributed by atoms with van der Waals surface area (Å²) >= 11 is 0. The van der Waals surface area contributed by atoms with Gasteiger partial charge in [-0.2, -0.15) is 0 Å². The number of aromatic nitrogens is 2. The van der Waals surface area contributed by atoms with E-state index in [0.717, 1.165) is 5.82 Å². The predicted octanol–water partition coefficient (Wildman–Crippen LogP) is 1.95. The van der Waals surface area contributed by atoms with Crippen molar-refractivity contribution in [3.8, 4) is 5.75 Å². The lowest BCUT2D eigenvalue weighted by Gasteiger charge is -2.08. The fraction of sp³-hybridized carbons (Fsp3) is 0.250.